The van der Waals surface area contributed by atoms with Crippen LogP contribution in [-0.4, -0.2) is 37.5 Å². The molecule has 30 heavy (non-hydrogen) atoms. The van der Waals surface area contributed by atoms with Gasteiger partial charge >= 0.3 is 0 Å². The van der Waals surface area contributed by atoms with E-state index in [1.807, 2.05) is 20.8 Å². The molecule has 2 N–H and O–H groups in total. The molecule has 1 saturated heterocycles. The Balaban J connectivity index is 1.58. The third-order valence-electron chi connectivity index (χ3n) is 6.30. The number of rotatable bonds is 4. The number of hydrogen-bond donors (Lipinski definition) is 2. The van der Waals surface area contributed by atoms with Gasteiger partial charge in [0.05, 0.1) is 18.8 Å². The van der Waals surface area contributed by atoms with Crippen molar-refractivity contribution in [3.8, 4) is 0 Å². The van der Waals surface area contributed by atoms with Crippen molar-refractivity contribution in [3.05, 3.63) is 51.9 Å². The van der Waals surface area contributed by atoms with E-state index in [0.717, 1.165) is 38.2 Å². The molecule has 2 aliphatic rings. The third kappa shape index (κ3) is 4.12. The molecule has 0 amide bonds. The lowest BCUT2D eigenvalue weighted by molar-refractivity contribution is 0.175. The molecule has 162 valence electrons. The fraction of sp³-hybridized carbons (Fsp3) is 0.545. The van der Waals surface area contributed by atoms with Gasteiger partial charge in [0.25, 0.3) is 0 Å². The van der Waals surface area contributed by atoms with Crippen LogP contribution >= 0.6 is 15.9 Å². The maximum Gasteiger partial charge on any atom is 0.152 e. The highest BCUT2D eigenvalue weighted by molar-refractivity contribution is 9.10. The topological polar surface area (TPSA) is 84.3 Å². The Kier molecular flexibility index (Phi) is 6.16. The van der Waals surface area contributed by atoms with E-state index in [1.165, 1.54) is 11.1 Å². The number of nitrogens with zero attached hydrogens (tertiary/aromatic N) is 3. The SMILES string of the molecule is CC(C)(C)[S+]([O-])N[C@@H]1c2ccccc2CC12CCN(c1ncc(Br)nc1CO)CC2. The van der Waals surface area contributed by atoms with Gasteiger partial charge in [-0.05, 0) is 67.1 Å². The van der Waals surface area contributed by atoms with Crippen LogP contribution in [0.2, 0.25) is 0 Å². The van der Waals surface area contributed by atoms with Crippen molar-refractivity contribution in [1.82, 2.24) is 14.7 Å². The molecule has 1 aromatic carbocycles. The number of fused-ring (bicyclic) bond motifs is 1. The number of aliphatic hydroxyl groups excluding tert-OH is 1. The maximum absolute atomic E-state index is 13.0. The summed E-state index contributed by atoms with van der Waals surface area (Å²) in [6.45, 7) is 7.55. The quantitative estimate of drug-likeness (QED) is 0.633. The van der Waals surface area contributed by atoms with Crippen molar-refractivity contribution in [2.75, 3.05) is 18.0 Å². The van der Waals surface area contributed by atoms with E-state index in [-0.39, 0.29) is 22.8 Å². The summed E-state index contributed by atoms with van der Waals surface area (Å²) < 4.78 is 16.8. The number of aromatic nitrogens is 2. The summed E-state index contributed by atoms with van der Waals surface area (Å²) in [7, 11) is 0. The fourth-order valence-corrected chi connectivity index (χ4v) is 5.92. The first-order valence-corrected chi connectivity index (χ1v) is 12.3. The van der Waals surface area contributed by atoms with E-state index in [9.17, 15) is 9.66 Å². The largest absolute Gasteiger partial charge is 0.598 e. The normalized spacial score (nSPS) is 21.7. The van der Waals surface area contributed by atoms with Crippen LogP contribution in [0.1, 0.15) is 56.5 Å². The van der Waals surface area contributed by atoms with Gasteiger partial charge in [0.1, 0.15) is 15.0 Å². The van der Waals surface area contributed by atoms with Crippen molar-refractivity contribution < 1.29 is 9.66 Å². The molecule has 1 unspecified atom stereocenters. The minimum absolute atomic E-state index is 0.0310. The molecule has 4 rings (SSSR count). The van der Waals surface area contributed by atoms with Crippen LogP contribution in [0.3, 0.4) is 0 Å². The van der Waals surface area contributed by atoms with Gasteiger partial charge in [-0.1, -0.05) is 24.3 Å². The molecule has 6 nitrogen and oxygen atoms in total. The van der Waals surface area contributed by atoms with Crippen molar-refractivity contribution in [2.45, 2.75) is 57.4 Å². The molecule has 0 bridgehead atoms. The Morgan fingerprint density at radius 1 is 1.30 bits per heavy atom. The van der Waals surface area contributed by atoms with Crippen molar-refractivity contribution in [3.63, 3.8) is 0 Å². The first-order valence-electron chi connectivity index (χ1n) is 10.4. The van der Waals surface area contributed by atoms with Crippen LogP contribution in [0.25, 0.3) is 0 Å². The second-order valence-corrected chi connectivity index (χ2v) is 12.1. The predicted molar refractivity (Wildman–Crippen MR) is 123 cm³/mol. The van der Waals surface area contributed by atoms with Gasteiger partial charge in [0, 0.05) is 29.9 Å². The van der Waals surface area contributed by atoms with E-state index in [2.05, 4.69) is 59.8 Å². The van der Waals surface area contributed by atoms with Gasteiger partial charge in [0.15, 0.2) is 5.82 Å². The molecule has 2 heterocycles. The molecule has 8 heteroatoms. The zero-order valence-electron chi connectivity index (χ0n) is 17.7. The Morgan fingerprint density at radius 2 is 2.00 bits per heavy atom. The average molecular weight is 493 g/mol. The van der Waals surface area contributed by atoms with Crippen molar-refractivity contribution >= 4 is 33.1 Å². The van der Waals surface area contributed by atoms with Crippen LogP contribution in [0.15, 0.2) is 35.1 Å². The summed E-state index contributed by atoms with van der Waals surface area (Å²) in [6.07, 6.45) is 4.60. The van der Waals surface area contributed by atoms with Gasteiger partial charge in [0.2, 0.25) is 0 Å². The molecule has 0 saturated carbocycles. The van der Waals surface area contributed by atoms with Gasteiger partial charge in [-0.2, -0.15) is 0 Å². The Hall–Kier alpha value is -1.19. The average Bonchev–Trinajstić information content (AvgIpc) is 3.01. The van der Waals surface area contributed by atoms with E-state index >= 15 is 0 Å². The highest BCUT2D eigenvalue weighted by atomic mass is 79.9. The summed E-state index contributed by atoms with van der Waals surface area (Å²) in [6, 6.07) is 8.62. The number of anilines is 1. The van der Waals surface area contributed by atoms with E-state index < -0.39 is 11.4 Å². The second-order valence-electron chi connectivity index (χ2n) is 9.28. The summed E-state index contributed by atoms with van der Waals surface area (Å²) in [5.41, 5.74) is 3.26. The molecular formula is C22H29BrN4O2S. The zero-order chi connectivity index (χ0) is 21.5. The number of benzene rings is 1. The van der Waals surface area contributed by atoms with Crippen LogP contribution in [-0.2, 0) is 24.4 Å². The van der Waals surface area contributed by atoms with Crippen LogP contribution in [0.5, 0.6) is 0 Å². The van der Waals surface area contributed by atoms with Gasteiger partial charge in [-0.3, -0.25) is 0 Å². The Bertz CT molecular complexity index is 912. The number of hydrogen-bond acceptors (Lipinski definition) is 6. The van der Waals surface area contributed by atoms with Crippen LogP contribution in [0, 0.1) is 5.41 Å². The predicted octanol–water partition coefficient (Wildman–Crippen LogP) is 3.67. The number of halogens is 1. The lowest BCUT2D eigenvalue weighted by Crippen LogP contribution is -2.50. The van der Waals surface area contributed by atoms with Gasteiger partial charge < -0.3 is 14.6 Å². The first kappa shape index (κ1) is 22.0. The number of aliphatic hydroxyl groups is 1. The minimum Gasteiger partial charge on any atom is -0.598 e. The fourth-order valence-electron chi connectivity index (χ4n) is 4.66. The molecule has 2 atom stereocenters. The molecule has 1 aliphatic heterocycles. The van der Waals surface area contributed by atoms with E-state index in [0.29, 0.717) is 10.3 Å². The first-order chi connectivity index (χ1) is 14.2. The second kappa shape index (κ2) is 8.39. The Morgan fingerprint density at radius 3 is 2.67 bits per heavy atom. The van der Waals surface area contributed by atoms with Crippen LogP contribution in [0.4, 0.5) is 5.82 Å². The highest BCUT2D eigenvalue weighted by Gasteiger charge is 2.50. The summed E-state index contributed by atoms with van der Waals surface area (Å²) >= 11 is 2.19. The molecule has 0 radical (unpaired) electrons. The lowest BCUT2D eigenvalue weighted by atomic mass is 9.73. The molecule has 1 fully saturated rings. The third-order valence-corrected chi connectivity index (χ3v) is 8.25. The maximum atomic E-state index is 13.0. The number of piperidine rings is 1. The monoisotopic (exact) mass is 492 g/mol. The van der Waals surface area contributed by atoms with Gasteiger partial charge in [-0.15, -0.1) is 4.72 Å². The molecule has 1 aliphatic carbocycles. The smallest absolute Gasteiger partial charge is 0.152 e. The molecule has 2 aromatic rings. The zero-order valence-corrected chi connectivity index (χ0v) is 20.1. The lowest BCUT2D eigenvalue weighted by Gasteiger charge is -2.44. The van der Waals surface area contributed by atoms with Crippen molar-refractivity contribution in [2.24, 2.45) is 5.41 Å². The van der Waals surface area contributed by atoms with E-state index in [1.54, 1.807) is 6.20 Å². The Labute approximate surface area is 189 Å². The summed E-state index contributed by atoms with van der Waals surface area (Å²) in [5.74, 6) is 0.758. The molecular weight excluding hydrogens is 464 g/mol. The number of nitrogens with one attached hydrogen (secondary N) is 1. The standard InChI is InChI=1S/C22H29BrN4O2S/c1-21(2,3)30(29)26-19-16-7-5-4-6-15(16)12-22(19)8-10-27(11-9-22)20-17(14-28)25-18(23)13-24-20/h4-7,13,19,26,28H,8-12,14H2,1-3H3/t19-,30?/m1/s1. The van der Waals surface area contributed by atoms with E-state index in [4.69, 9.17) is 0 Å². The van der Waals surface area contributed by atoms with Crippen LogP contribution < -0.4 is 9.62 Å². The summed E-state index contributed by atoms with van der Waals surface area (Å²) in [5, 5.41) is 9.72. The summed E-state index contributed by atoms with van der Waals surface area (Å²) in [4.78, 5) is 11.1. The van der Waals surface area contributed by atoms with Gasteiger partial charge in [-0.25, -0.2) is 9.97 Å². The molecule has 1 aromatic heterocycles. The van der Waals surface area contributed by atoms with Crippen molar-refractivity contribution in [1.29, 1.82) is 0 Å². The highest BCUT2D eigenvalue weighted by Crippen LogP contribution is 2.52. The minimum atomic E-state index is -1.14. The molecule has 1 spiro atoms.